The number of methoxy groups -OCH3 is 1. The van der Waals surface area contributed by atoms with Gasteiger partial charge in [-0.3, -0.25) is 0 Å². The lowest BCUT2D eigenvalue weighted by Crippen LogP contribution is -2.35. The number of sulfonamides is 1. The van der Waals surface area contributed by atoms with Gasteiger partial charge in [-0.25, -0.2) is 17.9 Å². The van der Waals surface area contributed by atoms with Crippen LogP contribution in [0.15, 0.2) is 23.1 Å². The predicted molar refractivity (Wildman–Crippen MR) is 94.7 cm³/mol. The maximum absolute atomic E-state index is 12.3. The second kappa shape index (κ2) is 10.3. The molecule has 0 aliphatic heterocycles. The van der Waals surface area contributed by atoms with Gasteiger partial charge < -0.3 is 19.9 Å². The lowest BCUT2D eigenvalue weighted by Gasteiger charge is -2.15. The standard InChI is InChI=1S/C16H26N2O6S/c1-4-24-9-5-8-17-15-7-6-13(10-14(15)16(19)20)25(21,22)18-12(2)11-23-3/h6-7,10,12,17-18H,4-5,8-9,11H2,1-3H3,(H,19,20)/t12-/m0/s1. The van der Waals surface area contributed by atoms with Crippen molar-refractivity contribution in [1.82, 2.24) is 4.72 Å². The summed E-state index contributed by atoms with van der Waals surface area (Å²) in [7, 11) is -2.36. The van der Waals surface area contributed by atoms with Crippen molar-refractivity contribution in [3.8, 4) is 0 Å². The number of carboxylic acid groups (broad SMARTS) is 1. The molecular formula is C16H26N2O6S. The van der Waals surface area contributed by atoms with Crippen molar-refractivity contribution in [1.29, 1.82) is 0 Å². The van der Waals surface area contributed by atoms with E-state index < -0.39 is 22.0 Å². The minimum atomic E-state index is -3.83. The Labute approximate surface area is 148 Å². The molecule has 0 fully saturated rings. The molecule has 1 rings (SSSR count). The molecule has 9 heteroatoms. The molecule has 0 spiro atoms. The third-order valence-corrected chi connectivity index (χ3v) is 4.88. The zero-order valence-corrected chi connectivity index (χ0v) is 15.6. The van der Waals surface area contributed by atoms with Gasteiger partial charge in [0.2, 0.25) is 10.0 Å². The van der Waals surface area contributed by atoms with E-state index in [2.05, 4.69) is 10.0 Å². The summed E-state index contributed by atoms with van der Waals surface area (Å²) in [6.45, 7) is 5.49. The normalized spacial score (nSPS) is 12.8. The van der Waals surface area contributed by atoms with Crippen LogP contribution in [0.25, 0.3) is 0 Å². The average Bonchev–Trinajstić information content (AvgIpc) is 2.54. The van der Waals surface area contributed by atoms with Crippen LogP contribution in [-0.2, 0) is 19.5 Å². The van der Waals surface area contributed by atoms with Crippen molar-refractivity contribution >= 4 is 21.7 Å². The molecule has 0 aliphatic rings. The summed E-state index contributed by atoms with van der Waals surface area (Å²) < 4.78 is 37.2. The van der Waals surface area contributed by atoms with E-state index >= 15 is 0 Å². The molecule has 0 saturated carbocycles. The fourth-order valence-electron chi connectivity index (χ4n) is 2.18. The number of nitrogens with one attached hydrogen (secondary N) is 2. The van der Waals surface area contributed by atoms with Crippen molar-refractivity contribution in [2.45, 2.75) is 31.2 Å². The van der Waals surface area contributed by atoms with E-state index in [1.807, 2.05) is 6.92 Å². The summed E-state index contributed by atoms with van der Waals surface area (Å²) in [5, 5.41) is 12.4. The maximum atomic E-state index is 12.3. The molecule has 25 heavy (non-hydrogen) atoms. The van der Waals surface area contributed by atoms with Crippen LogP contribution in [0.2, 0.25) is 0 Å². The monoisotopic (exact) mass is 374 g/mol. The highest BCUT2D eigenvalue weighted by atomic mass is 32.2. The lowest BCUT2D eigenvalue weighted by atomic mass is 10.2. The van der Waals surface area contributed by atoms with Gasteiger partial charge in [-0.2, -0.15) is 0 Å². The zero-order valence-electron chi connectivity index (χ0n) is 14.7. The summed E-state index contributed by atoms with van der Waals surface area (Å²) in [6.07, 6.45) is 0.711. The van der Waals surface area contributed by atoms with E-state index in [1.165, 1.54) is 19.2 Å². The van der Waals surface area contributed by atoms with E-state index in [0.29, 0.717) is 31.9 Å². The smallest absolute Gasteiger partial charge is 0.337 e. The highest BCUT2D eigenvalue weighted by Crippen LogP contribution is 2.21. The Kier molecular flexibility index (Phi) is 8.84. The molecule has 0 unspecified atom stereocenters. The Hall–Kier alpha value is -1.68. The van der Waals surface area contributed by atoms with Crippen LogP contribution in [0.4, 0.5) is 5.69 Å². The third kappa shape index (κ3) is 6.99. The Morgan fingerprint density at radius 3 is 2.68 bits per heavy atom. The highest BCUT2D eigenvalue weighted by molar-refractivity contribution is 7.89. The Morgan fingerprint density at radius 1 is 1.36 bits per heavy atom. The van der Waals surface area contributed by atoms with E-state index in [1.54, 1.807) is 6.92 Å². The fraction of sp³-hybridized carbons (Fsp3) is 0.562. The molecule has 8 nitrogen and oxygen atoms in total. The van der Waals surface area contributed by atoms with Gasteiger partial charge in [0.1, 0.15) is 0 Å². The summed E-state index contributed by atoms with van der Waals surface area (Å²) in [6, 6.07) is 3.55. The quantitative estimate of drug-likeness (QED) is 0.475. The molecule has 0 radical (unpaired) electrons. The average molecular weight is 374 g/mol. The lowest BCUT2D eigenvalue weighted by molar-refractivity contribution is 0.0697. The van der Waals surface area contributed by atoms with Crippen LogP contribution in [0, 0.1) is 0 Å². The van der Waals surface area contributed by atoms with E-state index in [4.69, 9.17) is 9.47 Å². The number of benzene rings is 1. The van der Waals surface area contributed by atoms with Crippen LogP contribution in [0.1, 0.15) is 30.6 Å². The molecule has 0 amide bonds. The second-order valence-corrected chi connectivity index (χ2v) is 7.18. The number of rotatable bonds is 12. The molecule has 0 saturated heterocycles. The summed E-state index contributed by atoms with van der Waals surface area (Å²) in [5.74, 6) is -1.20. The first kappa shape index (κ1) is 21.4. The molecule has 0 heterocycles. The van der Waals surface area contributed by atoms with Crippen molar-refractivity contribution in [2.24, 2.45) is 0 Å². The van der Waals surface area contributed by atoms with Crippen LogP contribution in [-0.4, -0.2) is 59.0 Å². The van der Waals surface area contributed by atoms with Gasteiger partial charge in [-0.05, 0) is 38.5 Å². The number of aromatic carboxylic acids is 1. The maximum Gasteiger partial charge on any atom is 0.337 e. The minimum Gasteiger partial charge on any atom is -0.478 e. The Balaban J connectivity index is 2.91. The van der Waals surface area contributed by atoms with Gasteiger partial charge in [-0.1, -0.05) is 0 Å². The first-order valence-corrected chi connectivity index (χ1v) is 9.50. The number of hydrogen-bond acceptors (Lipinski definition) is 6. The number of ether oxygens (including phenoxy) is 2. The zero-order chi connectivity index (χ0) is 18.9. The van der Waals surface area contributed by atoms with Gasteiger partial charge in [0, 0.05) is 38.6 Å². The first-order chi connectivity index (χ1) is 11.8. The fourth-order valence-corrected chi connectivity index (χ4v) is 3.43. The predicted octanol–water partition coefficient (Wildman–Crippen LogP) is 1.54. The van der Waals surface area contributed by atoms with Gasteiger partial charge in [0.15, 0.2) is 0 Å². The van der Waals surface area contributed by atoms with Gasteiger partial charge in [0.05, 0.1) is 17.1 Å². The molecule has 0 aromatic heterocycles. The van der Waals surface area contributed by atoms with Gasteiger partial charge in [0.25, 0.3) is 0 Å². The van der Waals surface area contributed by atoms with Crippen LogP contribution in [0.5, 0.6) is 0 Å². The van der Waals surface area contributed by atoms with Crippen molar-refractivity contribution in [2.75, 3.05) is 38.8 Å². The van der Waals surface area contributed by atoms with E-state index in [0.717, 1.165) is 6.07 Å². The van der Waals surface area contributed by atoms with Crippen LogP contribution in [0.3, 0.4) is 0 Å². The number of carboxylic acids is 1. The van der Waals surface area contributed by atoms with Crippen LogP contribution >= 0.6 is 0 Å². The molecule has 1 aromatic carbocycles. The number of hydrogen-bond donors (Lipinski definition) is 3. The summed E-state index contributed by atoms with van der Waals surface area (Å²) in [4.78, 5) is 11.4. The summed E-state index contributed by atoms with van der Waals surface area (Å²) >= 11 is 0. The molecule has 1 aromatic rings. The molecule has 0 aliphatic carbocycles. The topological polar surface area (TPSA) is 114 Å². The molecule has 142 valence electrons. The van der Waals surface area contributed by atoms with Gasteiger partial charge >= 0.3 is 5.97 Å². The highest BCUT2D eigenvalue weighted by Gasteiger charge is 2.20. The van der Waals surface area contributed by atoms with E-state index in [-0.39, 0.29) is 17.1 Å². The van der Waals surface area contributed by atoms with Gasteiger partial charge in [-0.15, -0.1) is 0 Å². The van der Waals surface area contributed by atoms with Crippen LogP contribution < -0.4 is 10.0 Å². The molecule has 3 N–H and O–H groups in total. The third-order valence-electron chi connectivity index (χ3n) is 3.29. The Bertz CT molecular complexity index is 663. The summed E-state index contributed by atoms with van der Waals surface area (Å²) in [5.41, 5.74) is 0.270. The SMILES string of the molecule is CCOCCCNc1ccc(S(=O)(=O)N[C@@H](C)COC)cc1C(=O)O. The Morgan fingerprint density at radius 2 is 2.08 bits per heavy atom. The molecule has 1 atom stereocenters. The van der Waals surface area contributed by atoms with Crippen molar-refractivity contribution in [3.05, 3.63) is 23.8 Å². The minimum absolute atomic E-state index is 0.0984. The van der Waals surface area contributed by atoms with Crippen molar-refractivity contribution < 1.29 is 27.8 Å². The largest absolute Gasteiger partial charge is 0.478 e. The second-order valence-electron chi connectivity index (χ2n) is 5.47. The number of carbonyl (C=O) groups is 1. The number of anilines is 1. The molecular weight excluding hydrogens is 348 g/mol. The first-order valence-electron chi connectivity index (χ1n) is 8.02. The van der Waals surface area contributed by atoms with E-state index in [9.17, 15) is 18.3 Å². The molecule has 0 bridgehead atoms. The van der Waals surface area contributed by atoms with Crippen molar-refractivity contribution in [3.63, 3.8) is 0 Å².